The molecule has 3 aromatic carbocycles. The predicted octanol–water partition coefficient (Wildman–Crippen LogP) is 5.63. The normalized spacial score (nSPS) is 16.3. The lowest BCUT2D eigenvalue weighted by molar-refractivity contribution is -0.136. The summed E-state index contributed by atoms with van der Waals surface area (Å²) in [6.45, 7) is 2.77. The van der Waals surface area contributed by atoms with Gasteiger partial charge < -0.3 is 25.2 Å². The van der Waals surface area contributed by atoms with E-state index in [-0.39, 0.29) is 18.7 Å². The Bertz CT molecular complexity index is 1470. The summed E-state index contributed by atoms with van der Waals surface area (Å²) < 4.78 is 11.9. The lowest BCUT2D eigenvalue weighted by atomic mass is 9.81. The molecule has 0 bridgehead atoms. The number of ether oxygens (including phenoxy) is 2. The van der Waals surface area contributed by atoms with Crippen molar-refractivity contribution in [2.45, 2.75) is 31.7 Å². The van der Waals surface area contributed by atoms with Crippen LogP contribution in [-0.4, -0.2) is 35.6 Å². The maximum Gasteiger partial charge on any atom is 0.307 e. The van der Waals surface area contributed by atoms with Gasteiger partial charge >= 0.3 is 5.97 Å². The Morgan fingerprint density at radius 1 is 1.08 bits per heavy atom. The minimum Gasteiger partial charge on any atom is -0.493 e. The van der Waals surface area contributed by atoms with Crippen LogP contribution in [0, 0.1) is 0 Å². The van der Waals surface area contributed by atoms with Gasteiger partial charge in [0.1, 0.15) is 5.75 Å². The van der Waals surface area contributed by atoms with Crippen molar-refractivity contribution in [1.82, 2.24) is 10.3 Å². The number of amides is 1. The van der Waals surface area contributed by atoms with Gasteiger partial charge in [-0.05, 0) is 65.4 Å². The van der Waals surface area contributed by atoms with E-state index < -0.39 is 11.5 Å². The Labute approximate surface area is 230 Å². The highest BCUT2D eigenvalue weighted by atomic mass is 32.1. The van der Waals surface area contributed by atoms with Crippen LogP contribution < -0.4 is 20.1 Å². The van der Waals surface area contributed by atoms with Crippen LogP contribution in [-0.2, 0) is 28.0 Å². The summed E-state index contributed by atoms with van der Waals surface area (Å²) in [6, 6.07) is 19.1. The first kappa shape index (κ1) is 26.4. The molecule has 0 unspecified atom stereocenters. The Hall–Kier alpha value is -4.21. The number of hydrogen-bond acceptors (Lipinski definition) is 7. The molecule has 3 N–H and O–H groups in total. The van der Waals surface area contributed by atoms with Crippen molar-refractivity contribution in [1.29, 1.82) is 0 Å². The van der Waals surface area contributed by atoms with Crippen LogP contribution in [0.4, 0.5) is 5.13 Å². The molecule has 1 aromatic heterocycles. The highest BCUT2D eigenvalue weighted by molar-refractivity contribution is 7.13. The second-order valence-electron chi connectivity index (χ2n) is 9.63. The Kier molecular flexibility index (Phi) is 7.63. The van der Waals surface area contributed by atoms with E-state index in [1.54, 1.807) is 13.3 Å². The number of aliphatic carboxylic acids is 1. The molecule has 0 saturated heterocycles. The van der Waals surface area contributed by atoms with Gasteiger partial charge in [0.15, 0.2) is 16.6 Å². The van der Waals surface area contributed by atoms with Crippen LogP contribution >= 0.6 is 11.3 Å². The summed E-state index contributed by atoms with van der Waals surface area (Å²) in [5.74, 6) is 0.877. The first-order chi connectivity index (χ1) is 18.8. The van der Waals surface area contributed by atoms with Crippen molar-refractivity contribution in [3.8, 4) is 28.4 Å². The Morgan fingerprint density at radius 3 is 2.44 bits per heavy atom. The molecule has 0 fully saturated rings. The van der Waals surface area contributed by atoms with Gasteiger partial charge in [-0.15, -0.1) is 11.3 Å². The number of rotatable bonds is 9. The zero-order valence-corrected chi connectivity index (χ0v) is 22.5. The number of carboxylic acids is 1. The van der Waals surface area contributed by atoms with Crippen molar-refractivity contribution in [2.75, 3.05) is 19.0 Å². The largest absolute Gasteiger partial charge is 0.493 e. The quantitative estimate of drug-likeness (QED) is 0.251. The van der Waals surface area contributed by atoms with Gasteiger partial charge in [0.2, 0.25) is 5.91 Å². The van der Waals surface area contributed by atoms with E-state index in [1.807, 2.05) is 73.0 Å². The number of nitrogens with one attached hydrogen (secondary N) is 2. The van der Waals surface area contributed by atoms with Crippen LogP contribution in [0.3, 0.4) is 0 Å². The maximum atomic E-state index is 12.8. The average molecular weight is 544 g/mol. The zero-order valence-electron chi connectivity index (χ0n) is 21.7. The molecule has 1 amide bonds. The number of anilines is 1. The Morgan fingerprint density at radius 2 is 1.79 bits per heavy atom. The minimum atomic E-state index is -0.850. The summed E-state index contributed by atoms with van der Waals surface area (Å²) >= 11 is 1.39. The number of fused-ring (bicyclic) bond motifs is 1. The second-order valence-corrected chi connectivity index (χ2v) is 10.5. The molecule has 2 heterocycles. The van der Waals surface area contributed by atoms with E-state index in [9.17, 15) is 9.59 Å². The molecule has 0 saturated carbocycles. The van der Waals surface area contributed by atoms with E-state index in [4.69, 9.17) is 14.6 Å². The van der Waals surface area contributed by atoms with Crippen LogP contribution in [0.25, 0.3) is 11.1 Å². The van der Waals surface area contributed by atoms with Gasteiger partial charge in [-0.3, -0.25) is 9.59 Å². The number of carbonyl (C=O) groups is 2. The van der Waals surface area contributed by atoms with Crippen molar-refractivity contribution in [3.63, 3.8) is 0 Å². The summed E-state index contributed by atoms with van der Waals surface area (Å²) in [5.41, 5.74) is 4.26. The van der Waals surface area contributed by atoms with Gasteiger partial charge in [0.05, 0.1) is 13.5 Å². The maximum absolute atomic E-state index is 12.8. The molecule has 9 heteroatoms. The van der Waals surface area contributed by atoms with E-state index >= 15 is 0 Å². The van der Waals surface area contributed by atoms with E-state index in [0.717, 1.165) is 40.8 Å². The molecule has 0 radical (unpaired) electrons. The number of methoxy groups -OCH3 is 1. The van der Waals surface area contributed by atoms with Crippen LogP contribution in [0.2, 0.25) is 0 Å². The minimum absolute atomic E-state index is 0.000743. The van der Waals surface area contributed by atoms with E-state index in [0.29, 0.717) is 22.4 Å². The fourth-order valence-corrected chi connectivity index (χ4v) is 5.43. The fraction of sp³-hybridized carbons (Fsp3) is 0.233. The van der Waals surface area contributed by atoms with Gasteiger partial charge in [-0.25, -0.2) is 4.98 Å². The molecule has 1 aliphatic rings. The molecule has 8 nitrogen and oxygen atoms in total. The highest BCUT2D eigenvalue weighted by Gasteiger charge is 2.35. The summed E-state index contributed by atoms with van der Waals surface area (Å²) in [5, 5.41) is 17.8. The van der Waals surface area contributed by atoms with Crippen molar-refractivity contribution < 1.29 is 24.2 Å². The second kappa shape index (κ2) is 11.3. The molecule has 0 spiro atoms. The molecular formula is C30H29N3O5S. The first-order valence-corrected chi connectivity index (χ1v) is 13.5. The number of carbonyl (C=O) groups excluding carboxylic acids is 1. The van der Waals surface area contributed by atoms with Gasteiger partial charge in [-0.1, -0.05) is 36.4 Å². The number of nitrogens with zero attached hydrogens (tertiary/aromatic N) is 1. The topological polar surface area (TPSA) is 110 Å². The number of aromatic nitrogens is 1. The molecule has 1 atom stereocenters. The van der Waals surface area contributed by atoms with Crippen molar-refractivity contribution >= 4 is 28.3 Å². The third-order valence-electron chi connectivity index (χ3n) is 6.81. The van der Waals surface area contributed by atoms with E-state index in [1.165, 1.54) is 11.3 Å². The number of thiazole rings is 1. The average Bonchev–Trinajstić information content (AvgIpc) is 3.42. The molecule has 5 rings (SSSR count). The smallest absolute Gasteiger partial charge is 0.307 e. The van der Waals surface area contributed by atoms with Crippen LogP contribution in [0.1, 0.15) is 30.0 Å². The zero-order chi connectivity index (χ0) is 27.4. The summed E-state index contributed by atoms with van der Waals surface area (Å²) in [4.78, 5) is 27.9. The predicted molar refractivity (Wildman–Crippen MR) is 151 cm³/mol. The summed E-state index contributed by atoms with van der Waals surface area (Å²) in [7, 11) is 1.62. The molecule has 0 aliphatic carbocycles. The lowest BCUT2D eigenvalue weighted by Gasteiger charge is -2.37. The first-order valence-electron chi connectivity index (χ1n) is 12.6. The molecule has 4 aromatic rings. The monoisotopic (exact) mass is 543 g/mol. The molecular weight excluding hydrogens is 514 g/mol. The van der Waals surface area contributed by atoms with Crippen LogP contribution in [0.5, 0.6) is 17.2 Å². The molecule has 39 heavy (non-hydrogen) atoms. The van der Waals surface area contributed by atoms with Gasteiger partial charge in [0, 0.05) is 30.1 Å². The summed E-state index contributed by atoms with van der Waals surface area (Å²) in [6.07, 6.45) is 2.72. The number of benzene rings is 3. The van der Waals surface area contributed by atoms with Crippen LogP contribution in [0.15, 0.2) is 72.2 Å². The van der Waals surface area contributed by atoms with Crippen molar-refractivity contribution in [3.05, 3.63) is 88.9 Å². The number of carboxylic acid groups (broad SMARTS) is 1. The van der Waals surface area contributed by atoms with Crippen molar-refractivity contribution in [2.24, 2.45) is 0 Å². The van der Waals surface area contributed by atoms with E-state index in [2.05, 4.69) is 15.6 Å². The third kappa shape index (κ3) is 6.10. The standard InChI is InChI=1S/C30H29N3O5S/c1-30(18-27(34)33-29-31-13-14-39-29)24-17-26(25(37-2)16-22(24)11-12-32-30)38-23-9-7-21(8-10-23)20-5-3-19(4-6-20)15-28(35)36/h3-10,13-14,16-17,32H,11-12,15,18H2,1-2H3,(H,35,36)(H,31,33,34)/t30-/m1/s1. The molecule has 1 aliphatic heterocycles. The lowest BCUT2D eigenvalue weighted by Crippen LogP contribution is -2.47. The number of hydrogen-bond donors (Lipinski definition) is 3. The SMILES string of the molecule is COc1cc2c(cc1Oc1ccc(-c3ccc(CC(=O)O)cc3)cc1)[C@@](C)(CC(=O)Nc1nccs1)NCC2. The van der Waals surface area contributed by atoms with Gasteiger partial charge in [-0.2, -0.15) is 0 Å². The highest BCUT2D eigenvalue weighted by Crippen LogP contribution is 2.41. The Balaban J connectivity index is 1.36. The fourth-order valence-electron chi connectivity index (χ4n) is 4.89. The molecule has 200 valence electrons. The third-order valence-corrected chi connectivity index (χ3v) is 7.50. The van der Waals surface area contributed by atoms with Gasteiger partial charge in [0.25, 0.3) is 0 Å².